The highest BCUT2D eigenvalue weighted by molar-refractivity contribution is 5.73. The lowest BCUT2D eigenvalue weighted by Crippen LogP contribution is -2.12. The van der Waals surface area contributed by atoms with Crippen LogP contribution in [0.5, 0.6) is 28.7 Å². The number of benzene rings is 1. The van der Waals surface area contributed by atoms with Gasteiger partial charge < -0.3 is 29.2 Å². The molecule has 0 radical (unpaired) electrons. The molecule has 7 nitrogen and oxygen atoms in total. The normalized spacial score (nSPS) is 11.0. The topological polar surface area (TPSA) is 94.5 Å². The summed E-state index contributed by atoms with van der Waals surface area (Å²) >= 11 is 0. The standard InChI is InChI=1S/C35H62O7/c1-5-9-13-16-19-22-26-39-32-29(25-12-8-4)31(42-35(37)38)30(36)33(40-27-23-20-17-14-10-6-2)34(32)41-28-24-21-18-15-11-7-3/h36H,5-28H2,1-4H3,(H,37,38). The number of rotatable bonds is 28. The fraction of sp³-hybridized carbons (Fsp3) is 0.800. The van der Waals surface area contributed by atoms with E-state index in [1.807, 2.05) is 0 Å². The summed E-state index contributed by atoms with van der Waals surface area (Å²) in [4.78, 5) is 11.7. The van der Waals surface area contributed by atoms with Crippen LogP contribution in [0.4, 0.5) is 4.79 Å². The van der Waals surface area contributed by atoms with Crippen LogP contribution in [0.25, 0.3) is 0 Å². The van der Waals surface area contributed by atoms with Crippen LogP contribution < -0.4 is 18.9 Å². The van der Waals surface area contributed by atoms with Crippen molar-refractivity contribution in [2.45, 2.75) is 163 Å². The zero-order valence-corrected chi connectivity index (χ0v) is 27.4. The number of carboxylic acid groups (broad SMARTS) is 1. The third-order valence-electron chi connectivity index (χ3n) is 7.59. The van der Waals surface area contributed by atoms with E-state index in [1.54, 1.807) is 0 Å². The molecule has 0 heterocycles. The number of hydrogen-bond acceptors (Lipinski definition) is 6. The number of hydrogen-bond donors (Lipinski definition) is 2. The van der Waals surface area contributed by atoms with Gasteiger partial charge in [0.1, 0.15) is 0 Å². The molecule has 0 aliphatic carbocycles. The molecule has 0 aliphatic rings. The van der Waals surface area contributed by atoms with Gasteiger partial charge in [-0.15, -0.1) is 0 Å². The van der Waals surface area contributed by atoms with Crippen LogP contribution in [0.15, 0.2) is 0 Å². The summed E-state index contributed by atoms with van der Waals surface area (Å²) < 4.78 is 24.1. The molecule has 244 valence electrons. The van der Waals surface area contributed by atoms with Crippen LogP contribution in [-0.4, -0.2) is 36.2 Å². The molecule has 1 aromatic carbocycles. The number of ether oxygens (including phenoxy) is 4. The van der Waals surface area contributed by atoms with Crippen molar-refractivity contribution >= 4 is 6.16 Å². The van der Waals surface area contributed by atoms with E-state index in [2.05, 4.69) is 27.7 Å². The van der Waals surface area contributed by atoms with E-state index in [1.165, 1.54) is 64.2 Å². The summed E-state index contributed by atoms with van der Waals surface area (Å²) in [6.45, 7) is 10.0. The highest BCUT2D eigenvalue weighted by Crippen LogP contribution is 2.54. The Kier molecular flexibility index (Phi) is 22.6. The van der Waals surface area contributed by atoms with Crippen LogP contribution >= 0.6 is 0 Å². The molecule has 0 atom stereocenters. The summed E-state index contributed by atoms with van der Waals surface area (Å²) in [6, 6.07) is 0. The molecule has 2 N–H and O–H groups in total. The average molecular weight is 595 g/mol. The van der Waals surface area contributed by atoms with Gasteiger partial charge in [-0.3, -0.25) is 0 Å². The lowest BCUT2D eigenvalue weighted by Gasteiger charge is -2.23. The first kappa shape index (κ1) is 37.7. The third-order valence-corrected chi connectivity index (χ3v) is 7.59. The summed E-state index contributed by atoms with van der Waals surface area (Å²) in [5, 5.41) is 20.9. The molecular weight excluding hydrogens is 532 g/mol. The highest BCUT2D eigenvalue weighted by atomic mass is 16.7. The predicted molar refractivity (Wildman–Crippen MR) is 172 cm³/mol. The number of carbonyl (C=O) groups is 1. The SMILES string of the molecule is CCCCCCCCOc1c(O)c(OC(=O)O)c(CCCC)c(OCCCCCCCC)c1OCCCCCCCC. The van der Waals surface area contributed by atoms with Gasteiger partial charge in [0.15, 0.2) is 11.5 Å². The predicted octanol–water partition coefficient (Wildman–Crippen LogP) is 11.0. The maximum absolute atomic E-state index is 11.7. The molecule has 0 spiro atoms. The van der Waals surface area contributed by atoms with E-state index < -0.39 is 6.16 Å². The van der Waals surface area contributed by atoms with Crippen LogP contribution in [0.2, 0.25) is 0 Å². The molecule has 0 amide bonds. The van der Waals surface area contributed by atoms with Gasteiger partial charge in [-0.2, -0.15) is 0 Å². The molecule has 1 rings (SSSR count). The van der Waals surface area contributed by atoms with Gasteiger partial charge in [0.2, 0.25) is 17.2 Å². The molecule has 1 aromatic rings. The minimum Gasteiger partial charge on any atom is -0.502 e. The Morgan fingerprint density at radius 1 is 0.500 bits per heavy atom. The van der Waals surface area contributed by atoms with E-state index in [0.717, 1.165) is 64.2 Å². The largest absolute Gasteiger partial charge is 0.511 e. The lowest BCUT2D eigenvalue weighted by molar-refractivity contribution is 0.141. The Balaban J connectivity index is 3.28. The van der Waals surface area contributed by atoms with E-state index >= 15 is 0 Å². The minimum atomic E-state index is -1.48. The van der Waals surface area contributed by atoms with Gasteiger partial charge in [0.25, 0.3) is 0 Å². The molecule has 0 saturated carbocycles. The average Bonchev–Trinajstić information content (AvgIpc) is 2.97. The second kappa shape index (κ2) is 25.2. The van der Waals surface area contributed by atoms with Crippen molar-refractivity contribution < 1.29 is 34.0 Å². The molecule has 7 heteroatoms. The van der Waals surface area contributed by atoms with E-state index in [-0.39, 0.29) is 17.2 Å². The molecule has 0 aliphatic heterocycles. The number of aromatic hydroxyl groups is 1. The number of phenols is 1. The molecular formula is C35H62O7. The van der Waals surface area contributed by atoms with Gasteiger partial charge in [0, 0.05) is 5.56 Å². The lowest BCUT2D eigenvalue weighted by atomic mass is 10.0. The number of phenolic OH excluding ortho intramolecular Hbond substituents is 1. The second-order valence-electron chi connectivity index (χ2n) is 11.5. The van der Waals surface area contributed by atoms with Crippen molar-refractivity contribution in [3.63, 3.8) is 0 Å². The van der Waals surface area contributed by atoms with Crippen molar-refractivity contribution in [2.24, 2.45) is 0 Å². The van der Waals surface area contributed by atoms with Gasteiger partial charge in [-0.25, -0.2) is 4.79 Å². The van der Waals surface area contributed by atoms with Crippen LogP contribution in [0.1, 0.15) is 162 Å². The maximum Gasteiger partial charge on any atom is 0.511 e. The zero-order valence-electron chi connectivity index (χ0n) is 27.4. The van der Waals surface area contributed by atoms with Gasteiger partial charge >= 0.3 is 6.16 Å². The second-order valence-corrected chi connectivity index (χ2v) is 11.5. The van der Waals surface area contributed by atoms with Gasteiger partial charge in [-0.1, -0.05) is 130 Å². The number of unbranched alkanes of at least 4 members (excludes halogenated alkanes) is 16. The first-order chi connectivity index (χ1) is 20.5. The van der Waals surface area contributed by atoms with Crippen molar-refractivity contribution in [3.8, 4) is 28.7 Å². The molecule has 0 fully saturated rings. The van der Waals surface area contributed by atoms with Crippen LogP contribution in [0, 0.1) is 0 Å². The summed E-state index contributed by atoms with van der Waals surface area (Å²) in [5.74, 6) is 0.541. The van der Waals surface area contributed by atoms with E-state index in [0.29, 0.717) is 43.3 Å². The van der Waals surface area contributed by atoms with E-state index in [4.69, 9.17) is 18.9 Å². The Hall–Kier alpha value is -2.31. The highest BCUT2D eigenvalue weighted by Gasteiger charge is 2.30. The Morgan fingerprint density at radius 2 is 0.881 bits per heavy atom. The van der Waals surface area contributed by atoms with E-state index in [9.17, 15) is 15.0 Å². The monoisotopic (exact) mass is 594 g/mol. The van der Waals surface area contributed by atoms with Gasteiger partial charge in [0.05, 0.1) is 19.8 Å². The third kappa shape index (κ3) is 15.8. The molecule has 0 bridgehead atoms. The van der Waals surface area contributed by atoms with Crippen molar-refractivity contribution in [2.75, 3.05) is 19.8 Å². The summed E-state index contributed by atoms with van der Waals surface area (Å²) in [5.41, 5.74) is 0.535. The minimum absolute atomic E-state index is 0.0984. The smallest absolute Gasteiger partial charge is 0.502 e. The van der Waals surface area contributed by atoms with Crippen LogP contribution in [-0.2, 0) is 6.42 Å². The van der Waals surface area contributed by atoms with Crippen molar-refractivity contribution in [3.05, 3.63) is 5.56 Å². The van der Waals surface area contributed by atoms with Crippen LogP contribution in [0.3, 0.4) is 0 Å². The first-order valence-electron chi connectivity index (χ1n) is 17.2. The Morgan fingerprint density at radius 3 is 1.31 bits per heavy atom. The maximum atomic E-state index is 11.7. The summed E-state index contributed by atoms with van der Waals surface area (Å²) in [7, 11) is 0. The first-order valence-corrected chi connectivity index (χ1v) is 17.2. The summed E-state index contributed by atoms with van der Waals surface area (Å²) in [6.07, 6.45) is 20.9. The zero-order chi connectivity index (χ0) is 30.8. The fourth-order valence-electron chi connectivity index (χ4n) is 5.06. The molecule has 0 unspecified atom stereocenters. The molecule has 0 saturated heterocycles. The van der Waals surface area contributed by atoms with Crippen molar-refractivity contribution in [1.82, 2.24) is 0 Å². The Labute approximate surface area is 256 Å². The van der Waals surface area contributed by atoms with Gasteiger partial charge in [-0.05, 0) is 32.1 Å². The molecule has 42 heavy (non-hydrogen) atoms. The van der Waals surface area contributed by atoms with Crippen molar-refractivity contribution in [1.29, 1.82) is 0 Å². The molecule has 0 aromatic heterocycles. The fourth-order valence-corrected chi connectivity index (χ4v) is 5.06. The quantitative estimate of drug-likeness (QED) is 0.0566. The Bertz CT molecular complexity index is 824.